The topological polar surface area (TPSA) is 85.3 Å². The first kappa shape index (κ1) is 25.1. The number of ether oxygens (including phenoxy) is 1. The first-order valence-electron chi connectivity index (χ1n) is 12.7. The second kappa shape index (κ2) is 10.5. The van der Waals surface area contributed by atoms with E-state index in [1.165, 1.54) is 17.7 Å². The van der Waals surface area contributed by atoms with Crippen LogP contribution < -0.4 is 15.4 Å². The summed E-state index contributed by atoms with van der Waals surface area (Å²) in [5.41, 5.74) is 10.4. The summed E-state index contributed by atoms with van der Waals surface area (Å²) in [4.78, 5) is 14.3. The Morgan fingerprint density at radius 1 is 0.897 bits per heavy atom. The summed E-state index contributed by atoms with van der Waals surface area (Å²) in [7, 11) is 1.67. The largest absolute Gasteiger partial charge is 0.497 e. The van der Waals surface area contributed by atoms with E-state index in [2.05, 4.69) is 21.9 Å². The van der Waals surface area contributed by atoms with Crippen LogP contribution in [0.1, 0.15) is 5.56 Å². The second-order valence-electron chi connectivity index (χ2n) is 9.46. The number of nitrogens with zero attached hydrogens (tertiary/aromatic N) is 6. The van der Waals surface area contributed by atoms with Crippen molar-refractivity contribution >= 4 is 34.4 Å². The smallest absolute Gasteiger partial charge is 0.228 e. The monoisotopic (exact) mass is 543 g/mol. The lowest BCUT2D eigenvalue weighted by Crippen LogP contribution is -2.46. The molecule has 0 amide bonds. The Kier molecular flexibility index (Phi) is 6.76. The van der Waals surface area contributed by atoms with Crippen LogP contribution in [-0.2, 0) is 6.54 Å². The third-order valence-electron chi connectivity index (χ3n) is 6.97. The fourth-order valence-corrected chi connectivity index (χ4v) is 4.96. The molecule has 0 bridgehead atoms. The number of fused-ring (bicyclic) bond motifs is 1. The molecule has 0 saturated carbocycles. The fourth-order valence-electron chi connectivity index (χ4n) is 4.83. The number of benzene rings is 3. The van der Waals surface area contributed by atoms with Gasteiger partial charge in [0.2, 0.25) is 5.95 Å². The minimum atomic E-state index is -0.318. The van der Waals surface area contributed by atoms with E-state index in [1.807, 2.05) is 24.3 Å². The first-order chi connectivity index (χ1) is 19.0. The normalized spacial score (nSPS) is 14.2. The van der Waals surface area contributed by atoms with Crippen molar-refractivity contribution < 1.29 is 9.13 Å². The maximum Gasteiger partial charge on any atom is 0.228 e. The average Bonchev–Trinajstić information content (AvgIpc) is 3.30. The molecule has 1 saturated heterocycles. The number of nitrogen functional groups attached to an aromatic ring is 1. The standard InChI is InChI=1S/C29H27ClFN7O/c1-39-24-12-2-19(3-13-24)18-36-14-16-37(17-15-36)29-33-26(20-4-8-22(31)9-5-20)25-27(32)38(35-28(25)34-29)23-10-6-21(30)7-11-23/h2-13H,14-18,32H2,1H3. The summed E-state index contributed by atoms with van der Waals surface area (Å²) >= 11 is 6.08. The van der Waals surface area contributed by atoms with E-state index in [0.717, 1.165) is 49.7 Å². The van der Waals surface area contributed by atoms with Crippen LogP contribution in [0.3, 0.4) is 0 Å². The molecule has 1 aliphatic heterocycles. The molecule has 39 heavy (non-hydrogen) atoms. The number of aromatic nitrogens is 4. The quantitative estimate of drug-likeness (QED) is 0.315. The van der Waals surface area contributed by atoms with E-state index < -0.39 is 0 Å². The Morgan fingerprint density at radius 2 is 1.59 bits per heavy atom. The van der Waals surface area contributed by atoms with Crippen LogP contribution >= 0.6 is 11.6 Å². The van der Waals surface area contributed by atoms with Crippen molar-refractivity contribution in [2.24, 2.45) is 0 Å². The SMILES string of the molecule is COc1ccc(CN2CCN(c3nc(-c4ccc(F)cc4)c4c(N)n(-c5ccc(Cl)cc5)nc4n3)CC2)cc1. The molecule has 3 heterocycles. The molecule has 3 aromatic carbocycles. The number of nitrogens with two attached hydrogens (primary N) is 1. The van der Waals surface area contributed by atoms with Gasteiger partial charge in [-0.15, -0.1) is 5.10 Å². The Bertz CT molecular complexity index is 1600. The van der Waals surface area contributed by atoms with Crippen molar-refractivity contribution in [3.05, 3.63) is 89.2 Å². The lowest BCUT2D eigenvalue weighted by molar-refractivity contribution is 0.248. The summed E-state index contributed by atoms with van der Waals surface area (Å²) in [6, 6.07) is 21.7. The summed E-state index contributed by atoms with van der Waals surface area (Å²) in [6.07, 6.45) is 0. The van der Waals surface area contributed by atoms with E-state index >= 15 is 0 Å². The van der Waals surface area contributed by atoms with Crippen LogP contribution in [0.15, 0.2) is 72.8 Å². The van der Waals surface area contributed by atoms with Crippen LogP contribution in [0.25, 0.3) is 28.0 Å². The van der Waals surface area contributed by atoms with Gasteiger partial charge in [-0.25, -0.2) is 14.1 Å². The van der Waals surface area contributed by atoms with Gasteiger partial charge in [-0.05, 0) is 66.2 Å². The predicted molar refractivity (Wildman–Crippen MR) is 152 cm³/mol. The Morgan fingerprint density at radius 3 is 2.26 bits per heavy atom. The molecule has 8 nitrogen and oxygen atoms in total. The zero-order chi connectivity index (χ0) is 26.9. The molecule has 0 atom stereocenters. The molecule has 1 aliphatic rings. The fraction of sp³-hybridized carbons (Fsp3) is 0.207. The van der Waals surface area contributed by atoms with E-state index in [9.17, 15) is 4.39 Å². The summed E-state index contributed by atoms with van der Waals surface area (Å²) in [5, 5.41) is 5.98. The van der Waals surface area contributed by atoms with Crippen molar-refractivity contribution in [2.75, 3.05) is 43.9 Å². The lowest BCUT2D eigenvalue weighted by Gasteiger charge is -2.34. The maximum atomic E-state index is 13.8. The van der Waals surface area contributed by atoms with Crippen LogP contribution in [0.2, 0.25) is 5.02 Å². The number of hydrogen-bond donors (Lipinski definition) is 1. The summed E-state index contributed by atoms with van der Waals surface area (Å²) in [6.45, 7) is 4.11. The number of rotatable bonds is 6. The zero-order valence-corrected chi connectivity index (χ0v) is 22.1. The molecule has 0 unspecified atom stereocenters. The van der Waals surface area contributed by atoms with Gasteiger partial charge in [0.25, 0.3) is 0 Å². The minimum absolute atomic E-state index is 0.318. The van der Waals surface area contributed by atoms with Crippen LogP contribution in [0.5, 0.6) is 5.75 Å². The minimum Gasteiger partial charge on any atom is -0.497 e. The van der Waals surface area contributed by atoms with Crippen LogP contribution in [-0.4, -0.2) is 57.9 Å². The number of halogens is 2. The van der Waals surface area contributed by atoms with E-state index in [4.69, 9.17) is 37.1 Å². The van der Waals surface area contributed by atoms with Crippen LogP contribution in [0, 0.1) is 5.82 Å². The van der Waals surface area contributed by atoms with Gasteiger partial charge >= 0.3 is 0 Å². The van der Waals surface area contributed by atoms with Gasteiger partial charge in [0.15, 0.2) is 5.65 Å². The number of anilines is 2. The Labute approximate surface area is 230 Å². The third-order valence-corrected chi connectivity index (χ3v) is 7.22. The molecule has 0 spiro atoms. The Balaban J connectivity index is 1.32. The predicted octanol–water partition coefficient (Wildman–Crippen LogP) is 5.19. The third kappa shape index (κ3) is 5.10. The lowest BCUT2D eigenvalue weighted by atomic mass is 10.1. The molecular formula is C29H27ClFN7O. The molecule has 0 aliphatic carbocycles. The number of methoxy groups -OCH3 is 1. The highest BCUT2D eigenvalue weighted by atomic mass is 35.5. The molecule has 6 rings (SSSR count). The summed E-state index contributed by atoms with van der Waals surface area (Å²) in [5.74, 6) is 1.52. The van der Waals surface area contributed by atoms with E-state index in [1.54, 1.807) is 36.1 Å². The van der Waals surface area contributed by atoms with Gasteiger partial charge in [0, 0.05) is 43.3 Å². The van der Waals surface area contributed by atoms with E-state index in [-0.39, 0.29) is 5.82 Å². The Hall–Kier alpha value is -4.21. The van der Waals surface area contributed by atoms with Gasteiger partial charge in [-0.1, -0.05) is 23.7 Å². The molecule has 2 aromatic heterocycles. The van der Waals surface area contributed by atoms with Crippen LogP contribution in [0.4, 0.5) is 16.2 Å². The molecule has 10 heteroatoms. The molecule has 0 radical (unpaired) electrons. The average molecular weight is 544 g/mol. The van der Waals surface area contributed by atoms with E-state index in [0.29, 0.717) is 33.5 Å². The highest BCUT2D eigenvalue weighted by molar-refractivity contribution is 6.30. The second-order valence-corrected chi connectivity index (χ2v) is 9.90. The number of piperazine rings is 1. The first-order valence-corrected chi connectivity index (χ1v) is 13.0. The van der Waals surface area contributed by atoms with Crippen molar-refractivity contribution in [2.45, 2.75) is 6.54 Å². The molecule has 5 aromatic rings. The molecule has 198 valence electrons. The maximum absolute atomic E-state index is 13.8. The van der Waals surface area contributed by atoms with Crippen molar-refractivity contribution in [3.63, 3.8) is 0 Å². The molecule has 1 fully saturated rings. The summed E-state index contributed by atoms with van der Waals surface area (Å²) < 4.78 is 20.7. The van der Waals surface area contributed by atoms with Crippen molar-refractivity contribution in [1.82, 2.24) is 24.6 Å². The van der Waals surface area contributed by atoms with Gasteiger partial charge < -0.3 is 15.4 Å². The van der Waals surface area contributed by atoms with Crippen molar-refractivity contribution in [1.29, 1.82) is 0 Å². The molecule has 2 N–H and O–H groups in total. The highest BCUT2D eigenvalue weighted by Crippen LogP contribution is 2.34. The van der Waals surface area contributed by atoms with Gasteiger partial charge in [0.1, 0.15) is 17.4 Å². The zero-order valence-electron chi connectivity index (χ0n) is 21.4. The van der Waals surface area contributed by atoms with Crippen molar-refractivity contribution in [3.8, 4) is 22.7 Å². The molecular weight excluding hydrogens is 517 g/mol. The van der Waals surface area contributed by atoms with Gasteiger partial charge in [-0.3, -0.25) is 4.90 Å². The number of hydrogen-bond acceptors (Lipinski definition) is 7. The van der Waals surface area contributed by atoms with Gasteiger partial charge in [0.05, 0.1) is 23.9 Å². The van der Waals surface area contributed by atoms with Gasteiger partial charge in [-0.2, -0.15) is 4.98 Å². The highest BCUT2D eigenvalue weighted by Gasteiger charge is 2.24.